The Bertz CT molecular complexity index is 1200. The number of aromatic nitrogens is 1. The molecule has 1 aromatic heterocycles. The monoisotopic (exact) mass is 618 g/mol. The van der Waals surface area contributed by atoms with Crippen molar-refractivity contribution in [3.8, 4) is 0 Å². The van der Waals surface area contributed by atoms with Crippen LogP contribution in [0.2, 0.25) is 10.0 Å². The number of hydrogen-bond donors (Lipinski definition) is 2. The van der Waals surface area contributed by atoms with Gasteiger partial charge in [0.25, 0.3) is 5.92 Å². The maximum atomic E-state index is 13.8. The van der Waals surface area contributed by atoms with E-state index in [-0.39, 0.29) is 19.6 Å². The van der Waals surface area contributed by atoms with E-state index in [2.05, 4.69) is 15.3 Å². The number of carbonyl (C=O) groups excluding carboxylic acids is 1. The van der Waals surface area contributed by atoms with E-state index in [1.807, 2.05) is 16.3 Å². The number of benzene rings is 1. The second-order valence-electron chi connectivity index (χ2n) is 8.94. The number of esters is 1. The van der Waals surface area contributed by atoms with E-state index in [1.165, 1.54) is 11.3 Å². The lowest BCUT2D eigenvalue weighted by Gasteiger charge is -2.35. The molecule has 0 spiro atoms. The maximum Gasteiger partial charge on any atom is 0.337 e. The quantitative estimate of drug-likeness (QED) is 0.362. The van der Waals surface area contributed by atoms with E-state index in [1.54, 1.807) is 31.3 Å². The molecule has 0 aliphatic carbocycles. The first-order valence-corrected chi connectivity index (χ1v) is 14.1. The molecule has 0 radical (unpaired) electrons. The zero-order valence-electron chi connectivity index (χ0n) is 21.7. The topological polar surface area (TPSA) is 113 Å². The van der Waals surface area contributed by atoms with Gasteiger partial charge in [0.05, 0.1) is 31.4 Å². The minimum atomic E-state index is -3.28. The number of alkyl halides is 2. The van der Waals surface area contributed by atoms with E-state index in [4.69, 9.17) is 37.8 Å². The zero-order chi connectivity index (χ0) is 29.1. The van der Waals surface area contributed by atoms with Crippen LogP contribution in [0.5, 0.6) is 0 Å². The Hall–Kier alpha value is -2.64. The van der Waals surface area contributed by atoms with Crippen molar-refractivity contribution in [2.75, 3.05) is 39.4 Å². The summed E-state index contributed by atoms with van der Waals surface area (Å²) in [5.74, 6) is -4.68. The molecule has 40 heavy (non-hydrogen) atoms. The smallest absolute Gasteiger partial charge is 0.337 e. The van der Waals surface area contributed by atoms with Gasteiger partial charge >= 0.3 is 11.9 Å². The van der Waals surface area contributed by atoms with Crippen molar-refractivity contribution in [3.63, 3.8) is 0 Å². The Morgan fingerprint density at radius 1 is 1.32 bits per heavy atom. The zero-order valence-corrected chi connectivity index (χ0v) is 24.1. The summed E-state index contributed by atoms with van der Waals surface area (Å²) in [5.41, 5.74) is 1.06. The van der Waals surface area contributed by atoms with Crippen molar-refractivity contribution in [1.82, 2.24) is 15.2 Å². The van der Waals surface area contributed by atoms with Gasteiger partial charge in [-0.2, -0.15) is 0 Å². The third-order valence-electron chi connectivity index (χ3n) is 5.82. The van der Waals surface area contributed by atoms with Crippen LogP contribution >= 0.6 is 34.5 Å². The van der Waals surface area contributed by atoms with Crippen molar-refractivity contribution in [2.45, 2.75) is 38.2 Å². The molecule has 0 saturated carbocycles. The van der Waals surface area contributed by atoms with E-state index < -0.39 is 36.8 Å². The van der Waals surface area contributed by atoms with E-state index in [0.717, 1.165) is 0 Å². The van der Waals surface area contributed by atoms with Gasteiger partial charge in [0, 0.05) is 53.4 Å². The summed E-state index contributed by atoms with van der Waals surface area (Å²) in [6.07, 6.45) is -0.498. The average molecular weight is 620 g/mol. The number of carboxylic acids is 1. The summed E-state index contributed by atoms with van der Waals surface area (Å²) >= 11 is 12.5. The summed E-state index contributed by atoms with van der Waals surface area (Å²) in [6, 6.07) is 7.08. The first-order valence-electron chi connectivity index (χ1n) is 12.5. The first kappa shape index (κ1) is 31.9. The van der Waals surface area contributed by atoms with Crippen LogP contribution in [0.15, 0.2) is 52.1 Å². The van der Waals surface area contributed by atoms with E-state index in [9.17, 15) is 18.4 Å². The van der Waals surface area contributed by atoms with Crippen molar-refractivity contribution in [3.05, 3.63) is 62.2 Å². The number of morpholine rings is 1. The van der Waals surface area contributed by atoms with Crippen LogP contribution in [0.4, 0.5) is 8.78 Å². The molecule has 2 aromatic rings. The predicted octanol–water partition coefficient (Wildman–Crippen LogP) is 4.89. The number of hydrogen-bond acceptors (Lipinski definition) is 9. The second kappa shape index (κ2) is 15.4. The third kappa shape index (κ3) is 10.4. The van der Waals surface area contributed by atoms with Gasteiger partial charge < -0.3 is 19.9 Å². The molecular weight excluding hydrogens is 589 g/mol. The molecule has 14 heteroatoms. The number of rotatable bonds is 10. The molecule has 2 aliphatic rings. The molecule has 3 heterocycles. The normalized spacial score (nSPS) is 17.8. The molecule has 1 aromatic carbocycles. The van der Waals surface area contributed by atoms with Crippen molar-refractivity contribution in [2.24, 2.45) is 4.99 Å². The fourth-order valence-electron chi connectivity index (χ4n) is 3.98. The number of carboxylic acid groups (broad SMARTS) is 1. The molecule has 2 N–H and O–H groups in total. The van der Waals surface area contributed by atoms with Gasteiger partial charge in [0.2, 0.25) is 0 Å². The number of nitrogens with zero attached hydrogens (tertiary/aromatic N) is 3. The standard InChI is InChI=1S/C20H26F2N4O5S.C6H4Cl2/c1-2-30-19(29)14-10-24-17(18-23-5-8-32-18)25-15(14)12-26-6-7-31-13(11-26)3-4-20(21,22)9-16(27)28;7-5-2-1-3-6(8)4-5/h5,8,13H,2-4,6-7,9-12H2,1H3,(H,24,25)(H,27,28);1-4H/t13-;/m1./s1. The molecule has 0 unspecified atom stereocenters. The third-order valence-corrected chi connectivity index (χ3v) is 7.07. The van der Waals surface area contributed by atoms with E-state index in [0.29, 0.717) is 58.4 Å². The minimum Gasteiger partial charge on any atom is -0.481 e. The highest BCUT2D eigenvalue weighted by Crippen LogP contribution is 2.27. The molecular formula is C26H30Cl2F2N4O5S. The number of aliphatic imine (C=N–C) groups is 1. The maximum absolute atomic E-state index is 13.8. The first-order chi connectivity index (χ1) is 19.1. The Labute approximate surface area is 244 Å². The van der Waals surface area contributed by atoms with Gasteiger partial charge in [-0.15, -0.1) is 11.3 Å². The molecule has 0 amide bonds. The molecule has 1 saturated heterocycles. The molecule has 1 atom stereocenters. The largest absolute Gasteiger partial charge is 0.481 e. The summed E-state index contributed by atoms with van der Waals surface area (Å²) in [7, 11) is 0. The van der Waals surface area contributed by atoms with E-state index >= 15 is 0 Å². The number of carbonyl (C=O) groups is 2. The summed E-state index contributed by atoms with van der Waals surface area (Å²) in [6.45, 7) is 3.79. The Balaban J connectivity index is 0.000000472. The van der Waals surface area contributed by atoms with Crippen molar-refractivity contribution >= 4 is 52.3 Å². The number of amidine groups is 1. The lowest BCUT2D eigenvalue weighted by molar-refractivity contribution is -0.146. The SMILES string of the molecule is CCOC(=O)C1=C(CN2CCO[C@H](CCC(F)(F)CC(=O)O)C2)NC(c2nccs2)=NC1.Clc1cccc(Cl)c1. The Morgan fingerprint density at radius 2 is 2.08 bits per heavy atom. The fraction of sp³-hybridized carbons (Fsp3) is 0.462. The molecule has 1 fully saturated rings. The molecule has 9 nitrogen and oxygen atoms in total. The molecule has 0 bridgehead atoms. The van der Waals surface area contributed by atoms with Crippen LogP contribution in [0.25, 0.3) is 0 Å². The van der Waals surface area contributed by atoms with Crippen LogP contribution in [-0.2, 0) is 19.1 Å². The molecule has 218 valence electrons. The van der Waals surface area contributed by atoms with Gasteiger partial charge in [-0.25, -0.2) is 18.6 Å². The Kier molecular flexibility index (Phi) is 12.3. The number of ether oxygens (including phenoxy) is 2. The minimum absolute atomic E-state index is 0.0415. The number of halogens is 4. The summed E-state index contributed by atoms with van der Waals surface area (Å²) in [4.78, 5) is 33.7. The number of aliphatic carboxylic acids is 1. The van der Waals surface area contributed by atoms with Crippen molar-refractivity contribution in [1.29, 1.82) is 0 Å². The number of nitrogens with one attached hydrogen (secondary N) is 1. The van der Waals surface area contributed by atoms with Crippen LogP contribution in [0, 0.1) is 0 Å². The highest BCUT2D eigenvalue weighted by molar-refractivity contribution is 7.11. The summed E-state index contributed by atoms with van der Waals surface area (Å²) < 4.78 is 38.3. The van der Waals surface area contributed by atoms with Crippen molar-refractivity contribution < 1.29 is 33.0 Å². The van der Waals surface area contributed by atoms with Gasteiger partial charge in [0.15, 0.2) is 10.8 Å². The van der Waals surface area contributed by atoms with Gasteiger partial charge in [0.1, 0.15) is 6.42 Å². The lowest BCUT2D eigenvalue weighted by atomic mass is 10.0. The molecule has 4 rings (SSSR count). The second-order valence-corrected chi connectivity index (χ2v) is 10.7. The van der Waals surface area contributed by atoms with Crippen LogP contribution in [-0.4, -0.2) is 84.2 Å². The van der Waals surface area contributed by atoms with Crippen LogP contribution in [0.1, 0.15) is 31.2 Å². The van der Waals surface area contributed by atoms with Crippen LogP contribution in [0.3, 0.4) is 0 Å². The lowest BCUT2D eigenvalue weighted by Crippen LogP contribution is -2.46. The average Bonchev–Trinajstić information content (AvgIpc) is 3.43. The highest BCUT2D eigenvalue weighted by atomic mass is 35.5. The predicted molar refractivity (Wildman–Crippen MR) is 149 cm³/mol. The van der Waals surface area contributed by atoms with Gasteiger partial charge in [-0.1, -0.05) is 29.3 Å². The van der Waals surface area contributed by atoms with Gasteiger partial charge in [-0.3, -0.25) is 14.7 Å². The highest BCUT2D eigenvalue weighted by Gasteiger charge is 2.34. The van der Waals surface area contributed by atoms with Gasteiger partial charge in [-0.05, 0) is 31.5 Å². The fourth-order valence-corrected chi connectivity index (χ4v) is 5.01. The van der Waals surface area contributed by atoms with Crippen LogP contribution < -0.4 is 5.32 Å². The summed E-state index contributed by atoms with van der Waals surface area (Å²) in [5, 5.41) is 15.7. The molecule has 2 aliphatic heterocycles. The Morgan fingerprint density at radius 3 is 2.67 bits per heavy atom. The number of thiazole rings is 1.